The Morgan fingerprint density at radius 1 is 1.15 bits per heavy atom. The van der Waals surface area contributed by atoms with Crippen LogP contribution >= 0.6 is 0 Å². The van der Waals surface area contributed by atoms with Crippen LogP contribution in [0.4, 0.5) is 10.3 Å². The monoisotopic (exact) mass is 269 g/mol. The van der Waals surface area contributed by atoms with Gasteiger partial charge in [0.15, 0.2) is 0 Å². The lowest BCUT2D eigenvalue weighted by Gasteiger charge is -2.05. The Kier molecular flexibility index (Phi) is 3.14. The SMILES string of the molecule is CCc1ccc(-c2ccc3[nH]c(NC)nc3c2)cc1F. The summed E-state index contributed by atoms with van der Waals surface area (Å²) in [6, 6.07) is 11.3. The summed E-state index contributed by atoms with van der Waals surface area (Å²) in [5, 5.41) is 2.97. The van der Waals surface area contributed by atoms with Gasteiger partial charge in [-0.15, -0.1) is 0 Å². The molecule has 3 nitrogen and oxygen atoms in total. The first-order valence-corrected chi connectivity index (χ1v) is 6.67. The van der Waals surface area contributed by atoms with Crippen molar-refractivity contribution in [1.29, 1.82) is 0 Å². The zero-order chi connectivity index (χ0) is 14.1. The van der Waals surface area contributed by atoms with Crippen molar-refractivity contribution in [1.82, 2.24) is 9.97 Å². The lowest BCUT2D eigenvalue weighted by Crippen LogP contribution is -1.88. The van der Waals surface area contributed by atoms with Crippen LogP contribution in [-0.4, -0.2) is 17.0 Å². The fourth-order valence-electron chi connectivity index (χ4n) is 2.32. The third-order valence-corrected chi connectivity index (χ3v) is 3.49. The van der Waals surface area contributed by atoms with Gasteiger partial charge in [0.05, 0.1) is 11.0 Å². The van der Waals surface area contributed by atoms with Crippen molar-refractivity contribution < 1.29 is 4.39 Å². The minimum absolute atomic E-state index is 0.150. The number of fused-ring (bicyclic) bond motifs is 1. The first kappa shape index (κ1) is 12.7. The largest absolute Gasteiger partial charge is 0.359 e. The number of H-pyrrole nitrogens is 1. The van der Waals surface area contributed by atoms with Crippen LogP contribution in [0.2, 0.25) is 0 Å². The molecule has 2 aromatic carbocycles. The van der Waals surface area contributed by atoms with Crippen LogP contribution in [0.5, 0.6) is 0 Å². The highest BCUT2D eigenvalue weighted by atomic mass is 19.1. The van der Waals surface area contributed by atoms with Gasteiger partial charge >= 0.3 is 0 Å². The van der Waals surface area contributed by atoms with Gasteiger partial charge < -0.3 is 10.3 Å². The second-order valence-electron chi connectivity index (χ2n) is 4.73. The summed E-state index contributed by atoms with van der Waals surface area (Å²) in [6.45, 7) is 1.95. The second-order valence-corrected chi connectivity index (χ2v) is 4.73. The molecule has 0 atom stereocenters. The third kappa shape index (κ3) is 2.13. The van der Waals surface area contributed by atoms with Crippen molar-refractivity contribution >= 4 is 17.0 Å². The molecule has 0 aliphatic heterocycles. The fourth-order valence-corrected chi connectivity index (χ4v) is 2.32. The number of hydrogen-bond donors (Lipinski definition) is 2. The molecule has 0 amide bonds. The molecule has 0 aliphatic rings. The van der Waals surface area contributed by atoms with Gasteiger partial charge in [0, 0.05) is 7.05 Å². The van der Waals surface area contributed by atoms with E-state index >= 15 is 0 Å². The van der Waals surface area contributed by atoms with Crippen LogP contribution < -0.4 is 5.32 Å². The van der Waals surface area contributed by atoms with Gasteiger partial charge in [-0.1, -0.05) is 25.1 Å². The molecule has 0 saturated carbocycles. The predicted octanol–water partition coefficient (Wildman–Crippen LogP) is 3.97. The van der Waals surface area contributed by atoms with E-state index in [1.165, 1.54) is 0 Å². The van der Waals surface area contributed by atoms with Gasteiger partial charge in [-0.2, -0.15) is 0 Å². The molecular weight excluding hydrogens is 253 g/mol. The van der Waals surface area contributed by atoms with Crippen LogP contribution in [-0.2, 0) is 6.42 Å². The van der Waals surface area contributed by atoms with E-state index in [2.05, 4.69) is 15.3 Å². The number of hydrogen-bond acceptors (Lipinski definition) is 2. The zero-order valence-corrected chi connectivity index (χ0v) is 11.5. The number of aryl methyl sites for hydroxylation is 1. The second kappa shape index (κ2) is 4.96. The maximum absolute atomic E-state index is 13.9. The van der Waals surface area contributed by atoms with Crippen LogP contribution in [0.1, 0.15) is 12.5 Å². The number of halogens is 1. The summed E-state index contributed by atoms with van der Waals surface area (Å²) in [7, 11) is 1.82. The molecule has 2 N–H and O–H groups in total. The Morgan fingerprint density at radius 3 is 2.60 bits per heavy atom. The van der Waals surface area contributed by atoms with Crippen LogP contribution in [0.25, 0.3) is 22.2 Å². The highest BCUT2D eigenvalue weighted by Crippen LogP contribution is 2.26. The number of anilines is 1. The van der Waals surface area contributed by atoms with Gasteiger partial charge in [-0.3, -0.25) is 0 Å². The summed E-state index contributed by atoms with van der Waals surface area (Å²) >= 11 is 0. The van der Waals surface area contributed by atoms with E-state index in [0.29, 0.717) is 6.42 Å². The molecule has 0 spiro atoms. The average molecular weight is 269 g/mol. The first-order chi connectivity index (χ1) is 9.71. The molecule has 1 aromatic heterocycles. The molecule has 102 valence electrons. The van der Waals surface area contributed by atoms with Gasteiger partial charge in [0.2, 0.25) is 5.95 Å². The maximum atomic E-state index is 13.9. The van der Waals surface area contributed by atoms with Gasteiger partial charge in [0.25, 0.3) is 0 Å². The Morgan fingerprint density at radius 2 is 1.90 bits per heavy atom. The van der Waals surface area contributed by atoms with Crippen molar-refractivity contribution in [3.05, 3.63) is 47.8 Å². The van der Waals surface area contributed by atoms with E-state index in [4.69, 9.17) is 0 Å². The molecular formula is C16H16FN3. The van der Waals surface area contributed by atoms with Gasteiger partial charge in [-0.05, 0) is 41.3 Å². The number of aromatic nitrogens is 2. The molecule has 0 aliphatic carbocycles. The van der Waals surface area contributed by atoms with Crippen LogP contribution in [0.3, 0.4) is 0 Å². The van der Waals surface area contributed by atoms with Crippen molar-refractivity contribution in [2.24, 2.45) is 0 Å². The molecule has 3 aromatic rings. The minimum Gasteiger partial charge on any atom is -0.359 e. The smallest absolute Gasteiger partial charge is 0.200 e. The number of rotatable bonds is 3. The quantitative estimate of drug-likeness (QED) is 0.755. The summed E-state index contributed by atoms with van der Waals surface area (Å²) in [5.41, 5.74) is 4.41. The van der Waals surface area contributed by atoms with Crippen molar-refractivity contribution in [3.63, 3.8) is 0 Å². The molecule has 0 unspecified atom stereocenters. The number of aromatic amines is 1. The Hall–Kier alpha value is -2.36. The number of nitrogens with zero attached hydrogens (tertiary/aromatic N) is 1. The van der Waals surface area contributed by atoms with E-state index in [0.717, 1.165) is 33.7 Å². The van der Waals surface area contributed by atoms with E-state index in [1.807, 2.05) is 44.3 Å². The topological polar surface area (TPSA) is 40.7 Å². The maximum Gasteiger partial charge on any atom is 0.200 e. The lowest BCUT2D eigenvalue weighted by atomic mass is 10.0. The van der Waals surface area contributed by atoms with Crippen LogP contribution in [0, 0.1) is 5.82 Å². The highest BCUT2D eigenvalue weighted by molar-refractivity contribution is 5.83. The summed E-state index contributed by atoms with van der Waals surface area (Å²) in [6.07, 6.45) is 0.704. The van der Waals surface area contributed by atoms with Crippen molar-refractivity contribution in [3.8, 4) is 11.1 Å². The molecule has 0 saturated heterocycles. The summed E-state index contributed by atoms with van der Waals surface area (Å²) in [4.78, 5) is 7.57. The zero-order valence-electron chi connectivity index (χ0n) is 11.5. The summed E-state index contributed by atoms with van der Waals surface area (Å²) in [5.74, 6) is 0.577. The van der Waals surface area contributed by atoms with E-state index < -0.39 is 0 Å². The molecule has 0 bridgehead atoms. The van der Waals surface area contributed by atoms with E-state index in [1.54, 1.807) is 6.07 Å². The Labute approximate surface area is 116 Å². The number of imidazole rings is 1. The standard InChI is InChI=1S/C16H16FN3/c1-3-10-4-5-11(8-13(10)17)12-6-7-14-15(9-12)20-16(18-2)19-14/h4-9H,3H2,1-2H3,(H2,18,19,20). The van der Waals surface area contributed by atoms with E-state index in [9.17, 15) is 4.39 Å². The third-order valence-electron chi connectivity index (χ3n) is 3.49. The predicted molar refractivity (Wildman–Crippen MR) is 80.4 cm³/mol. The molecule has 1 heterocycles. The fraction of sp³-hybridized carbons (Fsp3) is 0.188. The normalized spacial score (nSPS) is 10.9. The molecule has 20 heavy (non-hydrogen) atoms. The molecule has 3 rings (SSSR count). The molecule has 4 heteroatoms. The molecule has 0 fully saturated rings. The first-order valence-electron chi connectivity index (χ1n) is 6.67. The Balaban J connectivity index is 2.07. The lowest BCUT2D eigenvalue weighted by molar-refractivity contribution is 0.613. The van der Waals surface area contributed by atoms with Crippen molar-refractivity contribution in [2.75, 3.05) is 12.4 Å². The average Bonchev–Trinajstić information content (AvgIpc) is 2.89. The van der Waals surface area contributed by atoms with Gasteiger partial charge in [-0.25, -0.2) is 9.37 Å². The van der Waals surface area contributed by atoms with Crippen molar-refractivity contribution in [2.45, 2.75) is 13.3 Å². The molecule has 0 radical (unpaired) electrons. The van der Waals surface area contributed by atoms with E-state index in [-0.39, 0.29) is 5.82 Å². The minimum atomic E-state index is -0.150. The number of nitrogens with one attached hydrogen (secondary N) is 2. The number of benzene rings is 2. The summed E-state index contributed by atoms with van der Waals surface area (Å²) < 4.78 is 13.9. The Bertz CT molecular complexity index is 762. The van der Waals surface area contributed by atoms with Crippen LogP contribution in [0.15, 0.2) is 36.4 Å². The highest BCUT2D eigenvalue weighted by Gasteiger charge is 2.06. The van der Waals surface area contributed by atoms with Gasteiger partial charge in [0.1, 0.15) is 5.82 Å².